The van der Waals surface area contributed by atoms with Gasteiger partial charge < -0.3 is 15.0 Å². The van der Waals surface area contributed by atoms with E-state index >= 15 is 0 Å². The summed E-state index contributed by atoms with van der Waals surface area (Å²) in [6.45, 7) is 4.85. The van der Waals surface area contributed by atoms with Gasteiger partial charge >= 0.3 is 0 Å². The minimum absolute atomic E-state index is 0.254. The summed E-state index contributed by atoms with van der Waals surface area (Å²) in [4.78, 5) is 15.1. The third-order valence-electron chi connectivity index (χ3n) is 3.80. The standard InChI is InChI=1S/C13H20ClN5O/c1-9-8-10(4-7-20-9)15-12-16-11(14)17-13(18-12)19-5-2-3-6-19/h9-10H,2-8H2,1H3,(H,15,16,17,18). The van der Waals surface area contributed by atoms with Gasteiger partial charge in [0, 0.05) is 25.7 Å². The monoisotopic (exact) mass is 297 g/mol. The van der Waals surface area contributed by atoms with Crippen molar-refractivity contribution in [2.24, 2.45) is 0 Å². The molecule has 0 saturated carbocycles. The van der Waals surface area contributed by atoms with Crippen molar-refractivity contribution in [3.05, 3.63) is 5.28 Å². The van der Waals surface area contributed by atoms with Crippen LogP contribution in [0.1, 0.15) is 32.6 Å². The topological polar surface area (TPSA) is 63.2 Å². The number of nitrogens with one attached hydrogen (secondary N) is 1. The van der Waals surface area contributed by atoms with Crippen LogP contribution in [0.15, 0.2) is 0 Å². The first-order chi connectivity index (χ1) is 9.70. The molecule has 2 aliphatic rings. The van der Waals surface area contributed by atoms with Gasteiger partial charge in [0.1, 0.15) is 0 Å². The molecule has 3 rings (SSSR count). The summed E-state index contributed by atoms with van der Waals surface area (Å²) >= 11 is 6.02. The molecule has 0 bridgehead atoms. The Labute approximate surface area is 123 Å². The highest BCUT2D eigenvalue weighted by Gasteiger charge is 2.21. The maximum absolute atomic E-state index is 6.02. The molecule has 6 nitrogen and oxygen atoms in total. The van der Waals surface area contributed by atoms with Crippen LogP contribution in [0.25, 0.3) is 0 Å². The summed E-state index contributed by atoms with van der Waals surface area (Å²) in [6.07, 6.45) is 4.57. The summed E-state index contributed by atoms with van der Waals surface area (Å²) in [6, 6.07) is 0.337. The minimum atomic E-state index is 0.254. The fourth-order valence-electron chi connectivity index (χ4n) is 2.77. The largest absolute Gasteiger partial charge is 0.378 e. The molecule has 2 unspecified atom stereocenters. The molecule has 1 aromatic heterocycles. The molecule has 3 heterocycles. The Morgan fingerprint density at radius 2 is 2.05 bits per heavy atom. The van der Waals surface area contributed by atoms with Crippen LogP contribution in [-0.2, 0) is 4.74 Å². The quantitative estimate of drug-likeness (QED) is 0.922. The summed E-state index contributed by atoms with van der Waals surface area (Å²) < 4.78 is 5.55. The van der Waals surface area contributed by atoms with Crippen LogP contribution in [0.3, 0.4) is 0 Å². The van der Waals surface area contributed by atoms with Gasteiger partial charge in [-0.1, -0.05) is 0 Å². The van der Waals surface area contributed by atoms with E-state index in [2.05, 4.69) is 32.1 Å². The second-order valence-electron chi connectivity index (χ2n) is 5.47. The van der Waals surface area contributed by atoms with Crippen molar-refractivity contribution in [1.29, 1.82) is 0 Å². The fourth-order valence-corrected chi connectivity index (χ4v) is 2.93. The number of hydrogen-bond donors (Lipinski definition) is 1. The molecule has 2 fully saturated rings. The normalized spacial score (nSPS) is 26.8. The van der Waals surface area contributed by atoms with Gasteiger partial charge in [0.2, 0.25) is 17.2 Å². The van der Waals surface area contributed by atoms with Crippen molar-refractivity contribution >= 4 is 23.5 Å². The number of hydrogen-bond acceptors (Lipinski definition) is 6. The molecule has 0 amide bonds. The first-order valence-corrected chi connectivity index (χ1v) is 7.63. The highest BCUT2D eigenvalue weighted by Crippen LogP contribution is 2.21. The number of rotatable bonds is 3. The van der Waals surface area contributed by atoms with Gasteiger partial charge in [0.25, 0.3) is 0 Å². The van der Waals surface area contributed by atoms with Crippen molar-refractivity contribution in [2.45, 2.75) is 44.8 Å². The van der Waals surface area contributed by atoms with Crippen LogP contribution in [0.4, 0.5) is 11.9 Å². The highest BCUT2D eigenvalue weighted by molar-refractivity contribution is 6.28. The third kappa shape index (κ3) is 3.30. The second-order valence-corrected chi connectivity index (χ2v) is 5.81. The average Bonchev–Trinajstić information content (AvgIpc) is 2.91. The van der Waals surface area contributed by atoms with Crippen LogP contribution in [-0.4, -0.2) is 46.8 Å². The SMILES string of the molecule is CC1CC(Nc2nc(Cl)nc(N3CCCC3)n2)CCO1. The Hall–Kier alpha value is -1.14. The van der Waals surface area contributed by atoms with Gasteiger partial charge in [0.15, 0.2) is 0 Å². The summed E-state index contributed by atoms with van der Waals surface area (Å²) in [5.41, 5.74) is 0. The molecule has 1 aromatic rings. The lowest BCUT2D eigenvalue weighted by molar-refractivity contribution is 0.0231. The maximum atomic E-state index is 6.02. The van der Waals surface area contributed by atoms with Gasteiger partial charge in [-0.2, -0.15) is 15.0 Å². The van der Waals surface area contributed by atoms with E-state index in [0.29, 0.717) is 17.9 Å². The van der Waals surface area contributed by atoms with Gasteiger partial charge in [-0.3, -0.25) is 0 Å². The molecule has 0 aromatic carbocycles. The van der Waals surface area contributed by atoms with Gasteiger partial charge in [-0.05, 0) is 44.2 Å². The Bertz CT molecular complexity index is 466. The minimum Gasteiger partial charge on any atom is -0.378 e. The summed E-state index contributed by atoms with van der Waals surface area (Å²) in [7, 11) is 0. The van der Waals surface area contributed by atoms with Crippen molar-refractivity contribution in [1.82, 2.24) is 15.0 Å². The van der Waals surface area contributed by atoms with E-state index in [4.69, 9.17) is 16.3 Å². The van der Waals surface area contributed by atoms with Crippen LogP contribution in [0, 0.1) is 0 Å². The zero-order chi connectivity index (χ0) is 13.9. The molecule has 0 spiro atoms. The Kier molecular flexibility index (Phi) is 4.21. The highest BCUT2D eigenvalue weighted by atomic mass is 35.5. The van der Waals surface area contributed by atoms with Crippen LogP contribution >= 0.6 is 11.6 Å². The number of anilines is 2. The van der Waals surface area contributed by atoms with Gasteiger partial charge in [-0.15, -0.1) is 0 Å². The van der Waals surface area contributed by atoms with Gasteiger partial charge in [0.05, 0.1) is 6.10 Å². The number of ether oxygens (including phenoxy) is 1. The van der Waals surface area contributed by atoms with Crippen molar-refractivity contribution in [3.63, 3.8) is 0 Å². The third-order valence-corrected chi connectivity index (χ3v) is 3.97. The van der Waals surface area contributed by atoms with E-state index in [1.54, 1.807) is 0 Å². The molecule has 1 N–H and O–H groups in total. The fraction of sp³-hybridized carbons (Fsp3) is 0.769. The molecule has 0 radical (unpaired) electrons. The number of nitrogens with zero attached hydrogens (tertiary/aromatic N) is 4. The first-order valence-electron chi connectivity index (χ1n) is 7.25. The van der Waals surface area contributed by atoms with E-state index < -0.39 is 0 Å². The molecule has 2 atom stereocenters. The van der Waals surface area contributed by atoms with Crippen molar-refractivity contribution in [2.75, 3.05) is 29.9 Å². The molecule has 2 aliphatic heterocycles. The molecule has 0 aliphatic carbocycles. The van der Waals surface area contributed by atoms with E-state index in [-0.39, 0.29) is 11.4 Å². The zero-order valence-corrected chi connectivity index (χ0v) is 12.4. The zero-order valence-electron chi connectivity index (χ0n) is 11.7. The summed E-state index contributed by atoms with van der Waals surface area (Å²) in [5, 5.41) is 3.62. The van der Waals surface area contributed by atoms with E-state index in [1.165, 1.54) is 12.8 Å². The van der Waals surface area contributed by atoms with E-state index in [9.17, 15) is 0 Å². The van der Waals surface area contributed by atoms with Crippen molar-refractivity contribution in [3.8, 4) is 0 Å². The second kappa shape index (κ2) is 6.10. The molecule has 2 saturated heterocycles. The maximum Gasteiger partial charge on any atom is 0.231 e. The van der Waals surface area contributed by atoms with Crippen LogP contribution in [0.2, 0.25) is 5.28 Å². The smallest absolute Gasteiger partial charge is 0.231 e. The molecular formula is C13H20ClN5O. The lowest BCUT2D eigenvalue weighted by Gasteiger charge is -2.28. The summed E-state index contributed by atoms with van der Waals surface area (Å²) in [5.74, 6) is 1.26. The molecule has 20 heavy (non-hydrogen) atoms. The van der Waals surface area contributed by atoms with Gasteiger partial charge in [-0.25, -0.2) is 0 Å². The Balaban J connectivity index is 1.72. The molecular weight excluding hydrogens is 278 g/mol. The van der Waals surface area contributed by atoms with Crippen LogP contribution in [0.5, 0.6) is 0 Å². The number of halogens is 1. The van der Waals surface area contributed by atoms with E-state index in [1.807, 2.05) is 0 Å². The Morgan fingerprint density at radius 3 is 2.80 bits per heavy atom. The predicted molar refractivity (Wildman–Crippen MR) is 78.3 cm³/mol. The lowest BCUT2D eigenvalue weighted by atomic mass is 10.0. The first kappa shape index (κ1) is 13.8. The van der Waals surface area contributed by atoms with Crippen molar-refractivity contribution < 1.29 is 4.74 Å². The predicted octanol–water partition coefficient (Wildman–Crippen LogP) is 2.10. The number of aromatic nitrogens is 3. The Morgan fingerprint density at radius 1 is 1.25 bits per heavy atom. The molecule has 7 heteroatoms. The average molecular weight is 298 g/mol. The van der Waals surface area contributed by atoms with E-state index in [0.717, 1.165) is 32.5 Å². The van der Waals surface area contributed by atoms with Crippen LogP contribution < -0.4 is 10.2 Å². The lowest BCUT2D eigenvalue weighted by Crippen LogP contribution is -2.33. The molecule has 110 valence electrons.